The molecule has 1 rings (SSSR count). The summed E-state index contributed by atoms with van der Waals surface area (Å²) in [4.78, 5) is 12.2. The van der Waals surface area contributed by atoms with Gasteiger partial charge < -0.3 is 11.1 Å². The molecule has 0 aliphatic heterocycles. The van der Waals surface area contributed by atoms with Gasteiger partial charge in [0.2, 0.25) is 5.91 Å². The van der Waals surface area contributed by atoms with Crippen molar-refractivity contribution in [2.24, 2.45) is 17.6 Å². The molecule has 1 aromatic carbocycles. The van der Waals surface area contributed by atoms with E-state index in [9.17, 15) is 4.79 Å². The molecule has 114 valence electrons. The highest BCUT2D eigenvalue weighted by Crippen LogP contribution is 2.17. The Hall–Kier alpha value is -1.06. The van der Waals surface area contributed by atoms with Crippen molar-refractivity contribution in [3.8, 4) is 0 Å². The summed E-state index contributed by atoms with van der Waals surface area (Å²) >= 11 is 0. The molecule has 0 fully saturated rings. The summed E-state index contributed by atoms with van der Waals surface area (Å²) in [5.41, 5.74) is 6.66. The SMILES string of the molecule is CC(C)C(Cc1ccccc1)C(=O)NCCCCN.Cl. The van der Waals surface area contributed by atoms with Crippen molar-refractivity contribution < 1.29 is 4.79 Å². The van der Waals surface area contributed by atoms with Gasteiger partial charge in [-0.15, -0.1) is 12.4 Å². The minimum absolute atomic E-state index is 0. The molecule has 0 radical (unpaired) electrons. The number of carbonyl (C=O) groups is 1. The van der Waals surface area contributed by atoms with Crippen LogP contribution in [0.5, 0.6) is 0 Å². The van der Waals surface area contributed by atoms with Crippen molar-refractivity contribution >= 4 is 18.3 Å². The van der Waals surface area contributed by atoms with E-state index in [4.69, 9.17) is 5.73 Å². The van der Waals surface area contributed by atoms with E-state index in [1.807, 2.05) is 18.2 Å². The van der Waals surface area contributed by atoms with Gasteiger partial charge in [0.1, 0.15) is 0 Å². The smallest absolute Gasteiger partial charge is 0.223 e. The maximum Gasteiger partial charge on any atom is 0.223 e. The minimum atomic E-state index is 0. The van der Waals surface area contributed by atoms with Crippen LogP contribution in [0.15, 0.2) is 30.3 Å². The number of halogens is 1. The lowest BCUT2D eigenvalue weighted by atomic mass is 9.88. The van der Waals surface area contributed by atoms with Gasteiger partial charge in [0.15, 0.2) is 0 Å². The third-order valence-electron chi connectivity index (χ3n) is 3.37. The van der Waals surface area contributed by atoms with Crippen LogP contribution in [0.3, 0.4) is 0 Å². The third-order valence-corrected chi connectivity index (χ3v) is 3.37. The molecule has 1 amide bonds. The molecule has 20 heavy (non-hydrogen) atoms. The van der Waals surface area contributed by atoms with E-state index in [2.05, 4.69) is 31.3 Å². The fourth-order valence-corrected chi connectivity index (χ4v) is 2.11. The molecule has 0 bridgehead atoms. The summed E-state index contributed by atoms with van der Waals surface area (Å²) in [5, 5.41) is 3.02. The molecule has 0 saturated carbocycles. The predicted molar refractivity (Wildman–Crippen MR) is 87.0 cm³/mol. The van der Waals surface area contributed by atoms with Crippen LogP contribution in [-0.4, -0.2) is 19.0 Å². The molecule has 0 heterocycles. The lowest BCUT2D eigenvalue weighted by Crippen LogP contribution is -2.35. The van der Waals surface area contributed by atoms with Gasteiger partial charge in [-0.1, -0.05) is 44.2 Å². The third kappa shape index (κ3) is 6.92. The summed E-state index contributed by atoms with van der Waals surface area (Å²) in [6, 6.07) is 10.2. The second-order valence-corrected chi connectivity index (χ2v) is 5.33. The molecule has 0 aliphatic rings. The Bertz CT molecular complexity index is 368. The fourth-order valence-electron chi connectivity index (χ4n) is 2.11. The Morgan fingerprint density at radius 2 is 1.85 bits per heavy atom. The van der Waals surface area contributed by atoms with Gasteiger partial charge in [0.05, 0.1) is 0 Å². The molecule has 0 aliphatic carbocycles. The standard InChI is InChI=1S/C16H26N2O.ClH/c1-13(2)15(12-14-8-4-3-5-9-14)16(19)18-11-7-6-10-17;/h3-5,8-9,13,15H,6-7,10-12,17H2,1-2H3,(H,18,19);1H. The second kappa shape index (κ2) is 10.7. The second-order valence-electron chi connectivity index (χ2n) is 5.33. The van der Waals surface area contributed by atoms with Gasteiger partial charge in [-0.05, 0) is 37.3 Å². The van der Waals surface area contributed by atoms with E-state index in [1.54, 1.807) is 0 Å². The van der Waals surface area contributed by atoms with Crippen molar-refractivity contribution in [2.45, 2.75) is 33.1 Å². The van der Waals surface area contributed by atoms with Crippen molar-refractivity contribution in [3.63, 3.8) is 0 Å². The summed E-state index contributed by atoms with van der Waals surface area (Å²) < 4.78 is 0. The summed E-state index contributed by atoms with van der Waals surface area (Å²) in [7, 11) is 0. The normalized spacial score (nSPS) is 11.8. The zero-order valence-corrected chi connectivity index (χ0v) is 13.3. The van der Waals surface area contributed by atoms with Gasteiger partial charge in [0.25, 0.3) is 0 Å². The topological polar surface area (TPSA) is 55.1 Å². The highest BCUT2D eigenvalue weighted by atomic mass is 35.5. The number of nitrogens with two attached hydrogens (primary N) is 1. The van der Waals surface area contributed by atoms with E-state index in [0.29, 0.717) is 12.5 Å². The van der Waals surface area contributed by atoms with E-state index in [1.165, 1.54) is 5.56 Å². The lowest BCUT2D eigenvalue weighted by Gasteiger charge is -2.20. The molecular weight excluding hydrogens is 272 g/mol. The summed E-state index contributed by atoms with van der Waals surface area (Å²) in [6.07, 6.45) is 2.73. The first-order valence-corrected chi connectivity index (χ1v) is 7.17. The monoisotopic (exact) mass is 298 g/mol. The fraction of sp³-hybridized carbons (Fsp3) is 0.562. The molecule has 1 aromatic rings. The molecule has 3 N–H and O–H groups in total. The Balaban J connectivity index is 0.00000361. The zero-order chi connectivity index (χ0) is 14.1. The van der Waals surface area contributed by atoms with E-state index in [-0.39, 0.29) is 24.2 Å². The molecule has 3 nitrogen and oxygen atoms in total. The molecule has 1 atom stereocenters. The number of nitrogens with one attached hydrogen (secondary N) is 1. The molecule has 0 spiro atoms. The molecule has 0 saturated heterocycles. The number of unbranched alkanes of at least 4 members (excludes halogenated alkanes) is 1. The number of benzene rings is 1. The Morgan fingerprint density at radius 1 is 1.20 bits per heavy atom. The van der Waals surface area contributed by atoms with Crippen molar-refractivity contribution in [3.05, 3.63) is 35.9 Å². The van der Waals surface area contributed by atoms with E-state index in [0.717, 1.165) is 25.8 Å². The van der Waals surface area contributed by atoms with Crippen LogP contribution in [0.1, 0.15) is 32.3 Å². The average molecular weight is 299 g/mol. The maximum atomic E-state index is 12.2. The number of hydrogen-bond donors (Lipinski definition) is 2. The number of amides is 1. The molecule has 1 unspecified atom stereocenters. The Kier molecular flexibility index (Phi) is 10.1. The van der Waals surface area contributed by atoms with Crippen molar-refractivity contribution in [1.82, 2.24) is 5.32 Å². The van der Waals surface area contributed by atoms with Crippen LogP contribution in [-0.2, 0) is 11.2 Å². The van der Waals surface area contributed by atoms with E-state index >= 15 is 0 Å². The number of rotatable bonds is 8. The summed E-state index contributed by atoms with van der Waals surface area (Å²) in [5.74, 6) is 0.547. The van der Waals surface area contributed by atoms with Crippen molar-refractivity contribution in [1.29, 1.82) is 0 Å². The van der Waals surface area contributed by atoms with Crippen LogP contribution in [0.25, 0.3) is 0 Å². The van der Waals surface area contributed by atoms with Crippen molar-refractivity contribution in [2.75, 3.05) is 13.1 Å². The number of hydrogen-bond acceptors (Lipinski definition) is 2. The number of carbonyl (C=O) groups excluding carboxylic acids is 1. The van der Waals surface area contributed by atoms with Crippen LogP contribution >= 0.6 is 12.4 Å². The van der Waals surface area contributed by atoms with Crippen LogP contribution in [0.2, 0.25) is 0 Å². The predicted octanol–water partition coefficient (Wildman–Crippen LogP) is 2.78. The highest BCUT2D eigenvalue weighted by molar-refractivity contribution is 5.85. The maximum absolute atomic E-state index is 12.2. The first kappa shape index (κ1) is 18.9. The van der Waals surface area contributed by atoms with Crippen LogP contribution in [0, 0.1) is 11.8 Å². The summed E-state index contributed by atoms with van der Waals surface area (Å²) in [6.45, 7) is 5.63. The Morgan fingerprint density at radius 3 is 2.40 bits per heavy atom. The quantitative estimate of drug-likeness (QED) is 0.725. The van der Waals surface area contributed by atoms with Crippen LogP contribution in [0.4, 0.5) is 0 Å². The first-order valence-electron chi connectivity index (χ1n) is 7.17. The van der Waals surface area contributed by atoms with Gasteiger partial charge in [-0.2, -0.15) is 0 Å². The molecule has 4 heteroatoms. The van der Waals surface area contributed by atoms with Gasteiger partial charge in [-0.25, -0.2) is 0 Å². The van der Waals surface area contributed by atoms with Gasteiger partial charge >= 0.3 is 0 Å². The Labute approximate surface area is 128 Å². The average Bonchev–Trinajstić information content (AvgIpc) is 2.41. The highest BCUT2D eigenvalue weighted by Gasteiger charge is 2.21. The molecular formula is C16H27ClN2O. The largest absolute Gasteiger partial charge is 0.356 e. The van der Waals surface area contributed by atoms with Gasteiger partial charge in [-0.3, -0.25) is 4.79 Å². The van der Waals surface area contributed by atoms with Crippen LogP contribution < -0.4 is 11.1 Å². The van der Waals surface area contributed by atoms with Gasteiger partial charge in [0, 0.05) is 12.5 Å². The minimum Gasteiger partial charge on any atom is -0.356 e. The molecule has 0 aromatic heterocycles. The van der Waals surface area contributed by atoms with E-state index < -0.39 is 0 Å². The zero-order valence-electron chi connectivity index (χ0n) is 12.5. The lowest BCUT2D eigenvalue weighted by molar-refractivity contribution is -0.126. The first-order chi connectivity index (χ1) is 9.15.